The zero-order valence-corrected chi connectivity index (χ0v) is 16.1. The van der Waals surface area contributed by atoms with Crippen LogP contribution in [0.2, 0.25) is 0 Å². The average Bonchev–Trinajstić information content (AvgIpc) is 3.37. The summed E-state index contributed by atoms with van der Waals surface area (Å²) >= 11 is 0. The van der Waals surface area contributed by atoms with Crippen molar-refractivity contribution in [3.05, 3.63) is 29.3 Å². The number of hydrogen-bond donors (Lipinski definition) is 1. The highest BCUT2D eigenvalue weighted by atomic mass is 16.5. The minimum Gasteiger partial charge on any atom is -0.496 e. The van der Waals surface area contributed by atoms with Gasteiger partial charge in [0.2, 0.25) is 5.91 Å². The quantitative estimate of drug-likeness (QED) is 0.831. The summed E-state index contributed by atoms with van der Waals surface area (Å²) in [7, 11) is 1.61. The van der Waals surface area contributed by atoms with Crippen molar-refractivity contribution in [1.82, 2.24) is 10.2 Å². The first-order chi connectivity index (χ1) is 13.0. The Morgan fingerprint density at radius 1 is 1.30 bits per heavy atom. The number of nitrogens with one attached hydrogen (secondary N) is 1. The van der Waals surface area contributed by atoms with Gasteiger partial charge in [0.1, 0.15) is 11.4 Å². The van der Waals surface area contributed by atoms with Gasteiger partial charge in [0.05, 0.1) is 26.8 Å². The SMILES string of the molecule is COc1cccc(C(=O)N2CC3(CC(CC(=O)NCC4CC4)CO3)C2)c1C. The van der Waals surface area contributed by atoms with E-state index in [4.69, 9.17) is 9.47 Å². The highest BCUT2D eigenvalue weighted by Gasteiger charge is 2.51. The molecule has 3 aliphatic rings. The van der Waals surface area contributed by atoms with Crippen LogP contribution in [-0.2, 0) is 9.53 Å². The molecule has 2 saturated heterocycles. The van der Waals surface area contributed by atoms with Gasteiger partial charge >= 0.3 is 0 Å². The van der Waals surface area contributed by atoms with Gasteiger partial charge in [0.15, 0.2) is 0 Å². The first-order valence-electron chi connectivity index (χ1n) is 9.83. The summed E-state index contributed by atoms with van der Waals surface area (Å²) in [5.41, 5.74) is 1.28. The number of amides is 2. The Morgan fingerprint density at radius 2 is 2.07 bits per heavy atom. The van der Waals surface area contributed by atoms with Crippen molar-refractivity contribution in [3.63, 3.8) is 0 Å². The Morgan fingerprint density at radius 3 is 2.78 bits per heavy atom. The maximum atomic E-state index is 12.8. The third-order valence-electron chi connectivity index (χ3n) is 6.02. The molecule has 1 saturated carbocycles. The number of rotatable bonds is 6. The van der Waals surface area contributed by atoms with Crippen LogP contribution in [0.1, 0.15) is 41.6 Å². The summed E-state index contributed by atoms with van der Waals surface area (Å²) in [4.78, 5) is 26.7. The van der Waals surface area contributed by atoms with E-state index >= 15 is 0 Å². The fourth-order valence-corrected chi connectivity index (χ4v) is 4.24. The highest BCUT2D eigenvalue weighted by molar-refractivity contribution is 5.97. The van der Waals surface area contributed by atoms with Gasteiger partial charge in [-0.1, -0.05) is 6.07 Å². The Balaban J connectivity index is 1.28. The van der Waals surface area contributed by atoms with Crippen molar-refractivity contribution in [1.29, 1.82) is 0 Å². The number of methoxy groups -OCH3 is 1. The minimum atomic E-state index is -0.260. The first-order valence-corrected chi connectivity index (χ1v) is 9.83. The summed E-state index contributed by atoms with van der Waals surface area (Å²) in [6.07, 6.45) is 3.86. The Kier molecular flexibility index (Phi) is 4.84. The van der Waals surface area contributed by atoms with Gasteiger partial charge in [-0.05, 0) is 50.2 Å². The number of benzene rings is 1. The number of carbonyl (C=O) groups excluding carboxylic acids is 2. The summed E-state index contributed by atoms with van der Waals surface area (Å²) in [5, 5.41) is 3.03. The average molecular weight is 372 g/mol. The first kappa shape index (κ1) is 18.3. The van der Waals surface area contributed by atoms with Crippen LogP contribution in [0.25, 0.3) is 0 Å². The summed E-state index contributed by atoms with van der Waals surface area (Å²) in [6.45, 7) is 4.53. The fourth-order valence-electron chi connectivity index (χ4n) is 4.24. The van der Waals surface area contributed by atoms with Gasteiger partial charge in [-0.3, -0.25) is 9.59 Å². The van der Waals surface area contributed by atoms with Gasteiger partial charge in [-0.25, -0.2) is 0 Å². The number of likely N-dealkylation sites (tertiary alicyclic amines) is 1. The molecule has 6 heteroatoms. The van der Waals surface area contributed by atoms with E-state index in [1.165, 1.54) is 12.8 Å². The molecule has 27 heavy (non-hydrogen) atoms. The molecule has 1 aromatic rings. The summed E-state index contributed by atoms with van der Waals surface area (Å²) in [5.74, 6) is 1.83. The van der Waals surface area contributed by atoms with Crippen molar-refractivity contribution in [2.24, 2.45) is 11.8 Å². The van der Waals surface area contributed by atoms with Crippen molar-refractivity contribution in [2.45, 2.75) is 38.2 Å². The maximum Gasteiger partial charge on any atom is 0.254 e. The molecule has 1 N–H and O–H groups in total. The molecule has 0 aromatic heterocycles. The predicted molar refractivity (Wildman–Crippen MR) is 101 cm³/mol. The molecule has 2 heterocycles. The molecular formula is C21H28N2O4. The van der Waals surface area contributed by atoms with Crippen molar-refractivity contribution >= 4 is 11.8 Å². The third-order valence-corrected chi connectivity index (χ3v) is 6.02. The second-order valence-electron chi connectivity index (χ2n) is 8.31. The highest BCUT2D eigenvalue weighted by Crippen LogP contribution is 2.40. The molecule has 0 bridgehead atoms. The van der Waals surface area contributed by atoms with E-state index < -0.39 is 0 Å². The van der Waals surface area contributed by atoms with Crippen LogP contribution in [-0.4, -0.2) is 55.7 Å². The normalized spacial score (nSPS) is 23.2. The number of hydrogen-bond acceptors (Lipinski definition) is 4. The van der Waals surface area contributed by atoms with Crippen LogP contribution in [0.4, 0.5) is 0 Å². The van der Waals surface area contributed by atoms with E-state index in [0.717, 1.165) is 24.3 Å². The van der Waals surface area contributed by atoms with Crippen LogP contribution in [0.5, 0.6) is 5.75 Å². The summed E-state index contributed by atoms with van der Waals surface area (Å²) in [6, 6.07) is 5.55. The molecule has 2 amide bonds. The van der Waals surface area contributed by atoms with E-state index in [0.29, 0.717) is 37.6 Å². The molecule has 146 valence electrons. The van der Waals surface area contributed by atoms with Crippen LogP contribution in [0.15, 0.2) is 18.2 Å². The van der Waals surface area contributed by atoms with Gasteiger partial charge in [0.25, 0.3) is 5.91 Å². The minimum absolute atomic E-state index is 0.0197. The molecule has 2 aliphatic heterocycles. The molecule has 4 rings (SSSR count). The van der Waals surface area contributed by atoms with Gasteiger partial charge < -0.3 is 19.7 Å². The standard InChI is InChI=1S/C21H28N2O4/c1-14-17(4-3-5-18(14)26-2)20(25)23-12-21(13-23)9-16(11-27-21)8-19(24)22-10-15-6-7-15/h3-5,15-16H,6-13H2,1-2H3,(H,22,24). The van der Waals surface area contributed by atoms with Crippen molar-refractivity contribution in [2.75, 3.05) is 33.4 Å². The van der Waals surface area contributed by atoms with Gasteiger partial charge in [0, 0.05) is 24.1 Å². The monoisotopic (exact) mass is 372 g/mol. The van der Waals surface area contributed by atoms with E-state index in [9.17, 15) is 9.59 Å². The largest absolute Gasteiger partial charge is 0.496 e. The molecule has 1 spiro atoms. The van der Waals surface area contributed by atoms with Crippen molar-refractivity contribution in [3.8, 4) is 5.75 Å². The molecule has 6 nitrogen and oxygen atoms in total. The number of carbonyl (C=O) groups is 2. The van der Waals surface area contributed by atoms with Crippen LogP contribution >= 0.6 is 0 Å². The topological polar surface area (TPSA) is 67.9 Å². The smallest absolute Gasteiger partial charge is 0.254 e. The molecule has 1 aliphatic carbocycles. The zero-order valence-electron chi connectivity index (χ0n) is 16.1. The number of ether oxygens (including phenoxy) is 2. The number of nitrogens with zero attached hydrogens (tertiary/aromatic N) is 1. The lowest BCUT2D eigenvalue weighted by Gasteiger charge is -2.47. The summed E-state index contributed by atoms with van der Waals surface area (Å²) < 4.78 is 11.3. The molecule has 1 aromatic carbocycles. The second-order valence-corrected chi connectivity index (χ2v) is 8.31. The molecule has 1 unspecified atom stereocenters. The van der Waals surface area contributed by atoms with Crippen LogP contribution < -0.4 is 10.1 Å². The zero-order chi connectivity index (χ0) is 19.0. The maximum absolute atomic E-state index is 12.8. The van der Waals surface area contributed by atoms with E-state index in [1.807, 2.05) is 30.0 Å². The van der Waals surface area contributed by atoms with Gasteiger partial charge in [-0.2, -0.15) is 0 Å². The third kappa shape index (κ3) is 3.81. The fraction of sp³-hybridized carbons (Fsp3) is 0.619. The van der Waals surface area contributed by atoms with E-state index in [2.05, 4.69) is 5.32 Å². The lowest BCUT2D eigenvalue weighted by molar-refractivity contribution is -0.122. The lowest BCUT2D eigenvalue weighted by Crippen LogP contribution is -2.63. The van der Waals surface area contributed by atoms with E-state index in [1.54, 1.807) is 7.11 Å². The molecular weight excluding hydrogens is 344 g/mol. The Hall–Kier alpha value is -2.08. The Bertz CT molecular complexity index is 738. The molecule has 0 radical (unpaired) electrons. The Labute approximate surface area is 160 Å². The second kappa shape index (κ2) is 7.15. The van der Waals surface area contributed by atoms with Gasteiger partial charge in [-0.15, -0.1) is 0 Å². The molecule has 1 atom stereocenters. The van der Waals surface area contributed by atoms with E-state index in [-0.39, 0.29) is 23.3 Å². The van der Waals surface area contributed by atoms with Crippen LogP contribution in [0, 0.1) is 18.8 Å². The van der Waals surface area contributed by atoms with Crippen LogP contribution in [0.3, 0.4) is 0 Å². The lowest BCUT2D eigenvalue weighted by atomic mass is 9.85. The predicted octanol–water partition coefficient (Wildman–Crippen LogP) is 2.15. The molecule has 3 fully saturated rings. The van der Waals surface area contributed by atoms with Crippen molar-refractivity contribution < 1.29 is 19.1 Å².